The monoisotopic (exact) mass is 261 g/mol. The lowest BCUT2D eigenvalue weighted by molar-refractivity contribution is 0.331. The molecule has 2 heteroatoms. The van der Waals surface area contributed by atoms with Crippen LogP contribution in [0.25, 0.3) is 0 Å². The van der Waals surface area contributed by atoms with E-state index in [1.54, 1.807) is 0 Å². The van der Waals surface area contributed by atoms with Gasteiger partial charge in [0.25, 0.3) is 0 Å². The van der Waals surface area contributed by atoms with Crippen LogP contribution in [0.4, 0.5) is 0 Å². The minimum absolute atomic E-state index is 0.142. The first-order valence-electron chi connectivity index (χ1n) is 6.87. The van der Waals surface area contributed by atoms with Crippen LogP contribution in [0.5, 0.6) is 0 Å². The maximum Gasteiger partial charge on any atom is 0.0656 e. The van der Waals surface area contributed by atoms with Crippen molar-refractivity contribution in [2.45, 2.75) is 44.9 Å². The molecule has 0 saturated heterocycles. The Labute approximate surface area is 115 Å². The SMILES string of the molecule is CC(C#N)C1CCCCCC1c1ccc(Cl)cc1. The van der Waals surface area contributed by atoms with E-state index in [0.29, 0.717) is 11.8 Å². The van der Waals surface area contributed by atoms with Crippen molar-refractivity contribution in [3.05, 3.63) is 34.9 Å². The minimum Gasteiger partial charge on any atom is -0.198 e. The second-order valence-electron chi connectivity index (χ2n) is 5.38. The lowest BCUT2D eigenvalue weighted by atomic mass is 9.76. The van der Waals surface area contributed by atoms with Gasteiger partial charge in [-0.05, 0) is 49.3 Å². The maximum atomic E-state index is 9.22. The summed E-state index contributed by atoms with van der Waals surface area (Å²) in [4.78, 5) is 0. The van der Waals surface area contributed by atoms with Crippen LogP contribution in [0, 0.1) is 23.2 Å². The van der Waals surface area contributed by atoms with Crippen LogP contribution in [0.2, 0.25) is 5.02 Å². The van der Waals surface area contributed by atoms with Gasteiger partial charge in [-0.25, -0.2) is 0 Å². The molecule has 2 rings (SSSR count). The number of nitrogens with zero attached hydrogens (tertiary/aromatic N) is 1. The van der Waals surface area contributed by atoms with Crippen LogP contribution in [0.1, 0.15) is 50.5 Å². The van der Waals surface area contributed by atoms with Gasteiger partial charge in [0.1, 0.15) is 0 Å². The van der Waals surface area contributed by atoms with Crippen LogP contribution < -0.4 is 0 Å². The standard InChI is InChI=1S/C16H20ClN/c1-12(11-18)15-5-3-2-4-6-16(15)13-7-9-14(17)10-8-13/h7-10,12,15-16H,2-6H2,1H3. The van der Waals surface area contributed by atoms with Gasteiger partial charge in [0.2, 0.25) is 0 Å². The summed E-state index contributed by atoms with van der Waals surface area (Å²) in [6.45, 7) is 2.07. The summed E-state index contributed by atoms with van der Waals surface area (Å²) in [5, 5.41) is 10.0. The first kappa shape index (κ1) is 13.4. The van der Waals surface area contributed by atoms with E-state index in [2.05, 4.69) is 25.1 Å². The summed E-state index contributed by atoms with van der Waals surface area (Å²) in [6.07, 6.45) is 6.24. The van der Waals surface area contributed by atoms with Crippen molar-refractivity contribution in [1.29, 1.82) is 5.26 Å². The highest BCUT2D eigenvalue weighted by Crippen LogP contribution is 2.40. The first-order valence-corrected chi connectivity index (χ1v) is 7.25. The average molecular weight is 262 g/mol. The van der Waals surface area contributed by atoms with Crippen LogP contribution >= 0.6 is 11.6 Å². The Morgan fingerprint density at radius 2 is 1.83 bits per heavy atom. The maximum absolute atomic E-state index is 9.22. The normalized spacial score (nSPS) is 26.1. The van der Waals surface area contributed by atoms with E-state index in [-0.39, 0.29) is 5.92 Å². The number of rotatable bonds is 2. The summed E-state index contributed by atoms with van der Waals surface area (Å²) >= 11 is 5.96. The number of hydrogen-bond donors (Lipinski definition) is 0. The zero-order valence-electron chi connectivity index (χ0n) is 10.9. The summed E-state index contributed by atoms with van der Waals surface area (Å²) in [5.41, 5.74) is 1.36. The molecule has 1 aliphatic carbocycles. The van der Waals surface area contributed by atoms with E-state index in [0.717, 1.165) is 5.02 Å². The van der Waals surface area contributed by atoms with Crippen molar-refractivity contribution >= 4 is 11.6 Å². The molecule has 0 bridgehead atoms. The molecule has 1 aliphatic rings. The second kappa shape index (κ2) is 6.25. The molecular formula is C16H20ClN. The molecule has 3 atom stereocenters. The van der Waals surface area contributed by atoms with E-state index >= 15 is 0 Å². The van der Waals surface area contributed by atoms with Crippen LogP contribution in [-0.2, 0) is 0 Å². The Balaban J connectivity index is 2.25. The molecule has 0 N–H and O–H groups in total. The Morgan fingerprint density at radius 1 is 1.17 bits per heavy atom. The fourth-order valence-corrected chi connectivity index (χ4v) is 3.28. The largest absolute Gasteiger partial charge is 0.198 e. The molecule has 1 saturated carbocycles. The van der Waals surface area contributed by atoms with Crippen molar-refractivity contribution in [2.75, 3.05) is 0 Å². The zero-order chi connectivity index (χ0) is 13.0. The van der Waals surface area contributed by atoms with Gasteiger partial charge in [0, 0.05) is 10.9 Å². The van der Waals surface area contributed by atoms with Crippen LogP contribution in [0.15, 0.2) is 24.3 Å². The molecule has 18 heavy (non-hydrogen) atoms. The summed E-state index contributed by atoms with van der Waals surface area (Å²) in [5.74, 6) is 1.17. The fourth-order valence-electron chi connectivity index (χ4n) is 3.15. The third-order valence-electron chi connectivity index (χ3n) is 4.21. The Hall–Kier alpha value is -1.00. The predicted octanol–water partition coefficient (Wildman–Crippen LogP) is 5.16. The number of halogens is 1. The molecule has 1 aromatic rings. The molecule has 3 unspecified atom stereocenters. The Morgan fingerprint density at radius 3 is 2.50 bits per heavy atom. The molecule has 96 valence electrons. The highest BCUT2D eigenvalue weighted by Gasteiger charge is 2.29. The van der Waals surface area contributed by atoms with Gasteiger partial charge < -0.3 is 0 Å². The smallest absolute Gasteiger partial charge is 0.0656 e. The van der Waals surface area contributed by atoms with E-state index in [1.165, 1.54) is 37.7 Å². The van der Waals surface area contributed by atoms with Gasteiger partial charge in [0.05, 0.1) is 6.07 Å². The Bertz CT molecular complexity index is 418. The topological polar surface area (TPSA) is 23.8 Å². The van der Waals surface area contributed by atoms with Crippen molar-refractivity contribution in [3.63, 3.8) is 0 Å². The van der Waals surface area contributed by atoms with Crippen molar-refractivity contribution in [1.82, 2.24) is 0 Å². The van der Waals surface area contributed by atoms with Crippen molar-refractivity contribution in [2.24, 2.45) is 11.8 Å². The quantitative estimate of drug-likeness (QED) is 0.674. The van der Waals surface area contributed by atoms with Crippen molar-refractivity contribution < 1.29 is 0 Å². The third kappa shape index (κ3) is 3.06. The molecule has 1 aromatic carbocycles. The summed E-state index contributed by atoms with van der Waals surface area (Å²) in [6, 6.07) is 10.7. The highest BCUT2D eigenvalue weighted by atomic mass is 35.5. The minimum atomic E-state index is 0.142. The van der Waals surface area contributed by atoms with Crippen LogP contribution in [0.3, 0.4) is 0 Å². The number of hydrogen-bond acceptors (Lipinski definition) is 1. The molecule has 0 aromatic heterocycles. The summed E-state index contributed by atoms with van der Waals surface area (Å²) in [7, 11) is 0. The van der Waals surface area contributed by atoms with E-state index in [1.807, 2.05) is 12.1 Å². The first-order chi connectivity index (χ1) is 8.72. The Kier molecular flexibility index (Phi) is 4.66. The molecule has 0 amide bonds. The van der Waals surface area contributed by atoms with Gasteiger partial charge in [0.15, 0.2) is 0 Å². The summed E-state index contributed by atoms with van der Waals surface area (Å²) < 4.78 is 0. The van der Waals surface area contributed by atoms with Gasteiger partial charge in [-0.1, -0.05) is 43.0 Å². The van der Waals surface area contributed by atoms with Gasteiger partial charge in [-0.2, -0.15) is 5.26 Å². The number of benzene rings is 1. The zero-order valence-corrected chi connectivity index (χ0v) is 11.7. The molecule has 0 radical (unpaired) electrons. The molecular weight excluding hydrogens is 242 g/mol. The average Bonchev–Trinajstić information content (AvgIpc) is 2.64. The molecule has 0 spiro atoms. The number of nitriles is 1. The fraction of sp³-hybridized carbons (Fsp3) is 0.562. The second-order valence-corrected chi connectivity index (χ2v) is 5.81. The van der Waals surface area contributed by atoms with Gasteiger partial charge in [-0.15, -0.1) is 0 Å². The van der Waals surface area contributed by atoms with E-state index in [9.17, 15) is 5.26 Å². The lowest BCUT2D eigenvalue weighted by Gasteiger charge is -2.27. The van der Waals surface area contributed by atoms with E-state index < -0.39 is 0 Å². The third-order valence-corrected chi connectivity index (χ3v) is 4.47. The lowest BCUT2D eigenvalue weighted by Crippen LogP contribution is -2.18. The van der Waals surface area contributed by atoms with E-state index in [4.69, 9.17) is 11.6 Å². The van der Waals surface area contributed by atoms with Crippen LogP contribution in [-0.4, -0.2) is 0 Å². The van der Waals surface area contributed by atoms with Crippen molar-refractivity contribution in [3.8, 4) is 6.07 Å². The van der Waals surface area contributed by atoms with Gasteiger partial charge in [-0.3, -0.25) is 0 Å². The molecule has 0 heterocycles. The highest BCUT2D eigenvalue weighted by molar-refractivity contribution is 6.30. The van der Waals surface area contributed by atoms with Gasteiger partial charge >= 0.3 is 0 Å². The molecule has 1 fully saturated rings. The molecule has 0 aliphatic heterocycles. The molecule has 1 nitrogen and oxygen atoms in total. The predicted molar refractivity (Wildman–Crippen MR) is 75.5 cm³/mol.